The molecule has 0 bridgehead atoms. The maximum absolute atomic E-state index is 9.55. The number of nitrogens with one attached hydrogen (secondary N) is 1. The van der Waals surface area contributed by atoms with E-state index in [1.807, 2.05) is 55.3 Å². The molecule has 1 N–H and O–H groups in total. The van der Waals surface area contributed by atoms with Crippen LogP contribution in [0.2, 0.25) is 5.02 Å². The summed E-state index contributed by atoms with van der Waals surface area (Å²) < 4.78 is 20.2. The van der Waals surface area contributed by atoms with Gasteiger partial charge in [0.1, 0.15) is 12.8 Å². The number of H-pyrrole nitrogens is 1. The Morgan fingerprint density at radius 3 is 2.35 bits per heavy atom. The van der Waals surface area contributed by atoms with E-state index < -0.39 is 11.7 Å². The summed E-state index contributed by atoms with van der Waals surface area (Å²) in [6, 6.07) is 16.7. The van der Waals surface area contributed by atoms with Gasteiger partial charge in [-0.05, 0) is 87.6 Å². The fourth-order valence-electron chi connectivity index (χ4n) is 8.45. The lowest BCUT2D eigenvalue weighted by Crippen LogP contribution is -2.44. The summed E-state index contributed by atoms with van der Waals surface area (Å²) >= 11 is 6.21. The van der Waals surface area contributed by atoms with E-state index in [0.717, 1.165) is 101 Å². The first-order valence-corrected chi connectivity index (χ1v) is 20.2. The fraction of sp³-hybridized carbons (Fsp3) is 0.535. The van der Waals surface area contributed by atoms with Crippen molar-refractivity contribution in [2.75, 3.05) is 39.4 Å². The largest absolute Gasteiger partial charge is 0.357 e. The molecule has 11 nitrogen and oxygen atoms in total. The topological polar surface area (TPSA) is 128 Å². The van der Waals surface area contributed by atoms with Gasteiger partial charge in [-0.1, -0.05) is 55.3 Å². The summed E-state index contributed by atoms with van der Waals surface area (Å²) in [6.07, 6.45) is 14.5. The van der Waals surface area contributed by atoms with Gasteiger partial charge in [0.2, 0.25) is 0 Å². The first kappa shape index (κ1) is 40.6. The molecule has 2 unspecified atom stereocenters. The quantitative estimate of drug-likeness (QED) is 0.188. The molecule has 0 amide bonds. The van der Waals surface area contributed by atoms with E-state index in [4.69, 9.17) is 31.1 Å². The molecule has 2 atom stereocenters. The fourth-order valence-corrected chi connectivity index (χ4v) is 8.62. The minimum atomic E-state index is -0.439. The van der Waals surface area contributed by atoms with Gasteiger partial charge in [0.25, 0.3) is 0 Å². The minimum absolute atomic E-state index is 0.0910. The Labute approximate surface area is 331 Å². The smallest absolute Gasteiger partial charge is 0.170 e. The van der Waals surface area contributed by atoms with Gasteiger partial charge in [0.05, 0.1) is 35.7 Å². The molecule has 3 fully saturated rings. The molecule has 8 rings (SSSR count). The van der Waals surface area contributed by atoms with Crippen LogP contribution >= 0.6 is 11.6 Å². The van der Waals surface area contributed by atoms with E-state index in [-0.39, 0.29) is 18.4 Å². The lowest BCUT2D eigenvalue weighted by Gasteiger charge is -2.42. The monoisotopic (exact) mass is 766 g/mol. The second-order valence-electron chi connectivity index (χ2n) is 14.9. The number of benzene rings is 2. The number of aromatic amines is 1. The van der Waals surface area contributed by atoms with Gasteiger partial charge in [0, 0.05) is 80.0 Å². The molecule has 0 aliphatic carbocycles. The Bertz CT molecular complexity index is 1910. The second kappa shape index (κ2) is 18.7. The predicted molar refractivity (Wildman–Crippen MR) is 212 cm³/mol. The van der Waals surface area contributed by atoms with Crippen LogP contribution in [0.15, 0.2) is 61.2 Å². The van der Waals surface area contributed by atoms with Crippen molar-refractivity contribution >= 4 is 11.6 Å². The highest BCUT2D eigenvalue weighted by atomic mass is 35.5. The Morgan fingerprint density at radius 1 is 0.927 bits per heavy atom. The first-order valence-electron chi connectivity index (χ1n) is 19.8. The lowest BCUT2D eigenvalue weighted by molar-refractivity contribution is -0.0934. The van der Waals surface area contributed by atoms with Crippen molar-refractivity contribution < 1.29 is 14.2 Å². The third-order valence-electron chi connectivity index (χ3n) is 11.3. The Hall–Kier alpha value is -4.07. The molecule has 2 aromatic heterocycles. The summed E-state index contributed by atoms with van der Waals surface area (Å²) in [7, 11) is 0. The van der Waals surface area contributed by atoms with Crippen LogP contribution in [0.25, 0.3) is 0 Å². The number of rotatable bonds is 8. The van der Waals surface area contributed by atoms with Crippen molar-refractivity contribution in [3.05, 3.63) is 105 Å². The van der Waals surface area contributed by atoms with Crippen LogP contribution in [0.1, 0.15) is 110 Å². The van der Waals surface area contributed by atoms with E-state index in [1.165, 1.54) is 28.7 Å². The van der Waals surface area contributed by atoms with Gasteiger partial charge in [-0.2, -0.15) is 20.7 Å². The number of nitriles is 2. The third-order valence-corrected chi connectivity index (χ3v) is 11.6. The molecule has 0 saturated carbocycles. The van der Waals surface area contributed by atoms with Crippen LogP contribution < -0.4 is 0 Å². The number of ether oxygens (including phenoxy) is 3. The van der Waals surface area contributed by atoms with Crippen molar-refractivity contribution in [1.29, 1.82) is 10.5 Å². The molecule has 4 aliphatic rings. The first-order chi connectivity index (χ1) is 26.8. The van der Waals surface area contributed by atoms with Crippen molar-refractivity contribution in [1.82, 2.24) is 29.8 Å². The van der Waals surface area contributed by atoms with E-state index in [1.54, 1.807) is 0 Å². The molecule has 4 aliphatic heterocycles. The Morgan fingerprint density at radius 2 is 1.67 bits per heavy atom. The molecule has 1 spiro atoms. The average Bonchev–Trinajstić information content (AvgIpc) is 3.98. The lowest BCUT2D eigenvalue weighted by atomic mass is 9.81. The number of likely N-dealkylation sites (tertiary alicyclic amines) is 2. The van der Waals surface area contributed by atoms with Crippen molar-refractivity contribution in [3.8, 4) is 12.1 Å². The highest BCUT2D eigenvalue weighted by Gasteiger charge is 2.47. The molecular formula is C43H55ClN8O3. The van der Waals surface area contributed by atoms with E-state index >= 15 is 0 Å². The van der Waals surface area contributed by atoms with Gasteiger partial charge in [-0.3, -0.25) is 14.9 Å². The zero-order valence-electron chi connectivity index (χ0n) is 32.8. The van der Waals surface area contributed by atoms with E-state index in [9.17, 15) is 5.26 Å². The predicted octanol–water partition coefficient (Wildman–Crippen LogP) is 8.41. The summed E-state index contributed by atoms with van der Waals surface area (Å²) in [5.74, 6) is 0. The number of nitrogens with zero attached hydrogens (tertiary/aromatic N) is 7. The summed E-state index contributed by atoms with van der Waals surface area (Å²) in [5, 5.41) is 30.6. The van der Waals surface area contributed by atoms with Crippen LogP contribution in [0.3, 0.4) is 0 Å². The van der Waals surface area contributed by atoms with Gasteiger partial charge < -0.3 is 14.2 Å². The molecule has 3 saturated heterocycles. The highest BCUT2D eigenvalue weighted by Crippen LogP contribution is 2.49. The molecular weight excluding hydrogens is 712 g/mol. The number of hydrogen-bond donors (Lipinski definition) is 1. The molecule has 55 heavy (non-hydrogen) atoms. The number of aryl methyl sites for hydroxylation is 2. The molecule has 2 aromatic carbocycles. The van der Waals surface area contributed by atoms with Crippen molar-refractivity contribution in [2.24, 2.45) is 0 Å². The van der Waals surface area contributed by atoms with Crippen molar-refractivity contribution in [3.63, 3.8) is 0 Å². The number of hydrogen-bond acceptors (Lipinski definition) is 9. The van der Waals surface area contributed by atoms with Crippen LogP contribution in [-0.4, -0.2) is 69.2 Å². The number of aromatic nitrogens is 4. The van der Waals surface area contributed by atoms with Crippen molar-refractivity contribution in [2.45, 2.75) is 109 Å². The number of fused-ring (bicyclic) bond motifs is 2. The van der Waals surface area contributed by atoms with Crippen LogP contribution in [0.5, 0.6) is 0 Å². The van der Waals surface area contributed by atoms with Gasteiger partial charge >= 0.3 is 0 Å². The molecule has 4 aromatic rings. The minimum Gasteiger partial charge on any atom is -0.357 e. The molecule has 292 valence electrons. The molecule has 6 heterocycles. The van der Waals surface area contributed by atoms with E-state index in [2.05, 4.69) is 75.5 Å². The number of piperidine rings is 2. The second-order valence-corrected chi connectivity index (χ2v) is 15.4. The SMILES string of the molecule is CC.Cc1ccc(Cl)cc1C1(OCC#N)CCN(Cc2cn[nH]c2)CC1.Cc1ccc2c(c1)C1(CCN(Cc3cnn(C4CCCCO4)c3)CC1)OC2C#N. The van der Waals surface area contributed by atoms with Crippen LogP contribution in [-0.2, 0) is 38.5 Å². The Balaban J connectivity index is 0.000000182. The van der Waals surface area contributed by atoms with Gasteiger partial charge in [-0.25, -0.2) is 4.68 Å². The third kappa shape index (κ3) is 9.49. The summed E-state index contributed by atoms with van der Waals surface area (Å²) in [6.45, 7) is 14.6. The molecule has 12 heteroatoms. The summed E-state index contributed by atoms with van der Waals surface area (Å²) in [4.78, 5) is 4.85. The maximum atomic E-state index is 9.55. The van der Waals surface area contributed by atoms with Gasteiger partial charge in [0.15, 0.2) is 6.10 Å². The zero-order chi connectivity index (χ0) is 38.8. The number of halogens is 1. The van der Waals surface area contributed by atoms with Crippen LogP contribution in [0.4, 0.5) is 0 Å². The average molecular weight is 767 g/mol. The zero-order valence-corrected chi connectivity index (χ0v) is 33.5. The summed E-state index contributed by atoms with van der Waals surface area (Å²) in [5.41, 5.74) is 7.44. The van der Waals surface area contributed by atoms with Crippen LogP contribution in [0, 0.1) is 36.5 Å². The maximum Gasteiger partial charge on any atom is 0.170 e. The Kier molecular flexibility index (Phi) is 13.8. The highest BCUT2D eigenvalue weighted by molar-refractivity contribution is 6.30. The van der Waals surface area contributed by atoms with Gasteiger partial charge in [-0.15, -0.1) is 0 Å². The normalized spacial score (nSPS) is 21.7. The molecule has 0 radical (unpaired) electrons. The standard InChI is InChI=1S/C23H28N4O2.C18H21ClN4O.C2H6/c1-17-5-6-19-20(12-17)23(29-21(19)13-24)7-9-26(10-8-23)15-18-14-25-27(16-18)22-4-2-3-11-28-22;1-14-2-3-16(19)10-17(14)18(24-9-6-20)4-7-23(8-5-18)13-15-11-21-22-12-15;1-2/h5-6,12,14,16,21-22H,2-4,7-11,15H2,1H3;2-3,10-12H,4-5,7-9,13H2,1H3,(H,21,22);1-2H3. The van der Waals surface area contributed by atoms with E-state index in [0.29, 0.717) is 5.02 Å².